The molecule has 1 heterocycles. The molecule has 0 aromatic carbocycles. The van der Waals surface area contributed by atoms with Gasteiger partial charge in [0.2, 0.25) is 0 Å². The lowest BCUT2D eigenvalue weighted by Crippen LogP contribution is -2.47. The second-order valence-corrected chi connectivity index (χ2v) is 6.05. The van der Waals surface area contributed by atoms with E-state index in [0.717, 1.165) is 17.9 Å². The first-order valence-electron chi connectivity index (χ1n) is 7.17. The van der Waals surface area contributed by atoms with Crippen LogP contribution in [0.2, 0.25) is 0 Å². The van der Waals surface area contributed by atoms with Crippen LogP contribution in [0.3, 0.4) is 0 Å². The van der Waals surface area contributed by atoms with E-state index in [4.69, 9.17) is 0 Å². The van der Waals surface area contributed by atoms with Crippen LogP contribution in [0.15, 0.2) is 0 Å². The number of nitrogens with one attached hydrogen (secondary N) is 1. The molecule has 2 nitrogen and oxygen atoms in total. The number of hydrogen-bond acceptors (Lipinski definition) is 2. The molecule has 1 aliphatic heterocycles. The van der Waals surface area contributed by atoms with Crippen molar-refractivity contribution >= 4 is 0 Å². The molecule has 1 saturated heterocycles. The molecule has 0 radical (unpaired) electrons. The molecule has 2 aliphatic rings. The molecule has 0 aromatic rings. The molecule has 2 heteroatoms. The van der Waals surface area contributed by atoms with Crippen molar-refractivity contribution in [1.29, 1.82) is 0 Å². The lowest BCUT2D eigenvalue weighted by molar-refractivity contribution is 0.197. The molecule has 2 fully saturated rings. The van der Waals surface area contributed by atoms with Gasteiger partial charge >= 0.3 is 0 Å². The Morgan fingerprint density at radius 2 is 1.81 bits per heavy atom. The van der Waals surface area contributed by atoms with Crippen LogP contribution in [-0.2, 0) is 0 Å². The van der Waals surface area contributed by atoms with Gasteiger partial charge < -0.3 is 10.2 Å². The van der Waals surface area contributed by atoms with Crippen LogP contribution in [-0.4, -0.2) is 37.6 Å². The van der Waals surface area contributed by atoms with Crippen molar-refractivity contribution in [1.82, 2.24) is 10.2 Å². The Balaban J connectivity index is 1.70. The summed E-state index contributed by atoms with van der Waals surface area (Å²) in [5.74, 6) is 1.85. The highest BCUT2D eigenvalue weighted by Gasteiger charge is 2.23. The average molecular weight is 224 g/mol. The third-order valence-electron chi connectivity index (χ3n) is 4.48. The summed E-state index contributed by atoms with van der Waals surface area (Å²) in [6.07, 6.45) is 8.65. The average Bonchev–Trinajstić information content (AvgIpc) is 2.74. The van der Waals surface area contributed by atoms with Gasteiger partial charge in [-0.1, -0.05) is 19.8 Å². The first-order chi connectivity index (χ1) is 7.75. The molecule has 16 heavy (non-hydrogen) atoms. The van der Waals surface area contributed by atoms with Crippen LogP contribution in [0.1, 0.15) is 45.4 Å². The van der Waals surface area contributed by atoms with Gasteiger partial charge in [-0.05, 0) is 51.1 Å². The van der Waals surface area contributed by atoms with Gasteiger partial charge in [-0.15, -0.1) is 0 Å². The van der Waals surface area contributed by atoms with Gasteiger partial charge in [0.15, 0.2) is 0 Å². The van der Waals surface area contributed by atoms with Crippen molar-refractivity contribution in [2.45, 2.75) is 51.5 Å². The summed E-state index contributed by atoms with van der Waals surface area (Å²) in [5.41, 5.74) is 0. The summed E-state index contributed by atoms with van der Waals surface area (Å²) in [4.78, 5) is 2.56. The monoisotopic (exact) mass is 224 g/mol. The van der Waals surface area contributed by atoms with Gasteiger partial charge in [-0.25, -0.2) is 0 Å². The first-order valence-corrected chi connectivity index (χ1v) is 7.17. The molecular weight excluding hydrogens is 196 g/mol. The minimum Gasteiger partial charge on any atom is -0.312 e. The normalized spacial score (nSPS) is 32.4. The first kappa shape index (κ1) is 12.4. The Hall–Kier alpha value is -0.0800. The predicted molar refractivity (Wildman–Crippen MR) is 69.6 cm³/mol. The van der Waals surface area contributed by atoms with E-state index in [1.54, 1.807) is 0 Å². The maximum atomic E-state index is 3.68. The Morgan fingerprint density at radius 3 is 2.50 bits per heavy atom. The predicted octanol–water partition coefficient (Wildman–Crippen LogP) is 2.50. The van der Waals surface area contributed by atoms with Gasteiger partial charge in [0, 0.05) is 19.1 Å². The number of piperidine rings is 1. The zero-order chi connectivity index (χ0) is 11.4. The molecule has 1 saturated carbocycles. The number of hydrogen-bond donors (Lipinski definition) is 1. The Kier molecular flexibility index (Phi) is 4.66. The van der Waals surface area contributed by atoms with Crippen molar-refractivity contribution in [3.8, 4) is 0 Å². The fraction of sp³-hybridized carbons (Fsp3) is 1.00. The van der Waals surface area contributed by atoms with Gasteiger partial charge in [0.1, 0.15) is 0 Å². The van der Waals surface area contributed by atoms with Crippen LogP contribution in [0, 0.1) is 11.8 Å². The highest BCUT2D eigenvalue weighted by Crippen LogP contribution is 2.25. The zero-order valence-electron chi connectivity index (χ0n) is 11.0. The van der Waals surface area contributed by atoms with Gasteiger partial charge in [0.05, 0.1) is 0 Å². The van der Waals surface area contributed by atoms with E-state index >= 15 is 0 Å². The fourth-order valence-electron chi connectivity index (χ4n) is 3.40. The molecule has 2 rings (SSSR count). The van der Waals surface area contributed by atoms with Crippen molar-refractivity contribution in [2.75, 3.05) is 26.7 Å². The van der Waals surface area contributed by atoms with E-state index in [1.165, 1.54) is 58.2 Å². The van der Waals surface area contributed by atoms with Gasteiger partial charge in [-0.3, -0.25) is 0 Å². The topological polar surface area (TPSA) is 15.3 Å². The van der Waals surface area contributed by atoms with Crippen LogP contribution in [0.4, 0.5) is 0 Å². The Bertz CT molecular complexity index is 199. The summed E-state index contributed by atoms with van der Waals surface area (Å²) in [7, 11) is 2.31. The molecule has 2 atom stereocenters. The summed E-state index contributed by atoms with van der Waals surface area (Å²) >= 11 is 0. The molecule has 1 N–H and O–H groups in total. The molecule has 0 bridgehead atoms. The number of nitrogens with zero attached hydrogens (tertiary/aromatic N) is 1. The van der Waals surface area contributed by atoms with E-state index < -0.39 is 0 Å². The second kappa shape index (κ2) is 6.02. The van der Waals surface area contributed by atoms with E-state index in [-0.39, 0.29) is 0 Å². The summed E-state index contributed by atoms with van der Waals surface area (Å²) < 4.78 is 0. The van der Waals surface area contributed by atoms with E-state index in [2.05, 4.69) is 24.2 Å². The number of likely N-dealkylation sites (N-methyl/N-ethyl adjacent to an activating group) is 1. The highest BCUT2D eigenvalue weighted by atomic mass is 15.1. The maximum Gasteiger partial charge on any atom is 0.0220 e. The fourth-order valence-corrected chi connectivity index (χ4v) is 3.40. The van der Waals surface area contributed by atoms with E-state index in [1.807, 2.05) is 0 Å². The molecule has 0 spiro atoms. The highest BCUT2D eigenvalue weighted by molar-refractivity contribution is 4.81. The minimum atomic E-state index is 0.736. The van der Waals surface area contributed by atoms with Crippen LogP contribution < -0.4 is 5.32 Å². The van der Waals surface area contributed by atoms with Gasteiger partial charge in [-0.2, -0.15) is 0 Å². The second-order valence-electron chi connectivity index (χ2n) is 6.05. The SMILES string of the molecule is CC1CCCNC1CN(C)CC1CCCC1. The quantitative estimate of drug-likeness (QED) is 0.789. The summed E-state index contributed by atoms with van der Waals surface area (Å²) in [5, 5.41) is 3.68. The zero-order valence-corrected chi connectivity index (χ0v) is 11.0. The third kappa shape index (κ3) is 3.46. The summed E-state index contributed by atoms with van der Waals surface area (Å²) in [6, 6.07) is 0.736. The molecule has 0 aromatic heterocycles. The van der Waals surface area contributed by atoms with Crippen molar-refractivity contribution in [2.24, 2.45) is 11.8 Å². The molecule has 2 unspecified atom stereocenters. The molecule has 94 valence electrons. The van der Waals surface area contributed by atoms with Crippen molar-refractivity contribution in [3.05, 3.63) is 0 Å². The maximum absolute atomic E-state index is 3.68. The van der Waals surface area contributed by atoms with Gasteiger partial charge in [0.25, 0.3) is 0 Å². The van der Waals surface area contributed by atoms with Crippen molar-refractivity contribution < 1.29 is 0 Å². The molecular formula is C14H28N2. The standard InChI is InChI=1S/C14H28N2/c1-12-6-5-9-15-14(12)11-16(2)10-13-7-3-4-8-13/h12-15H,3-11H2,1-2H3. The van der Waals surface area contributed by atoms with E-state index in [0.29, 0.717) is 0 Å². The lowest BCUT2D eigenvalue weighted by Gasteiger charge is -2.34. The number of rotatable bonds is 4. The van der Waals surface area contributed by atoms with Crippen molar-refractivity contribution in [3.63, 3.8) is 0 Å². The van der Waals surface area contributed by atoms with E-state index in [9.17, 15) is 0 Å². The summed E-state index contributed by atoms with van der Waals surface area (Å²) in [6.45, 7) is 6.20. The smallest absolute Gasteiger partial charge is 0.0220 e. The minimum absolute atomic E-state index is 0.736. The molecule has 1 aliphatic carbocycles. The molecule has 0 amide bonds. The van der Waals surface area contributed by atoms with Crippen LogP contribution in [0.5, 0.6) is 0 Å². The third-order valence-corrected chi connectivity index (χ3v) is 4.48. The van der Waals surface area contributed by atoms with Crippen LogP contribution >= 0.6 is 0 Å². The Labute approximate surface area is 101 Å². The van der Waals surface area contributed by atoms with Crippen LogP contribution in [0.25, 0.3) is 0 Å². The Morgan fingerprint density at radius 1 is 1.06 bits per heavy atom. The largest absolute Gasteiger partial charge is 0.312 e. The lowest BCUT2D eigenvalue weighted by atomic mass is 9.92.